The van der Waals surface area contributed by atoms with Gasteiger partial charge < -0.3 is 20.3 Å². The molecule has 2 fully saturated rings. The largest absolute Gasteiger partial charge is 0.477 e. The molecule has 6 nitrogen and oxygen atoms in total. The highest BCUT2D eigenvalue weighted by Gasteiger charge is 2.22. The zero-order chi connectivity index (χ0) is 19.1. The van der Waals surface area contributed by atoms with Crippen LogP contribution in [-0.4, -0.2) is 48.7 Å². The highest BCUT2D eigenvalue weighted by molar-refractivity contribution is 5.73. The number of amides is 2. The van der Waals surface area contributed by atoms with Crippen LogP contribution in [0.3, 0.4) is 0 Å². The molecule has 2 unspecified atom stereocenters. The van der Waals surface area contributed by atoms with Crippen molar-refractivity contribution in [1.82, 2.24) is 20.5 Å². The van der Waals surface area contributed by atoms with Gasteiger partial charge >= 0.3 is 6.03 Å². The zero-order valence-electron chi connectivity index (χ0n) is 16.7. The van der Waals surface area contributed by atoms with Gasteiger partial charge in [-0.2, -0.15) is 0 Å². The molecule has 27 heavy (non-hydrogen) atoms. The van der Waals surface area contributed by atoms with Crippen molar-refractivity contribution in [2.24, 2.45) is 17.8 Å². The molecule has 0 spiro atoms. The first-order valence-electron chi connectivity index (χ1n) is 10.4. The van der Waals surface area contributed by atoms with Crippen molar-refractivity contribution in [3.05, 3.63) is 23.9 Å². The lowest BCUT2D eigenvalue weighted by atomic mass is 9.92. The van der Waals surface area contributed by atoms with Crippen LogP contribution in [0.1, 0.15) is 45.1 Å². The van der Waals surface area contributed by atoms with E-state index in [2.05, 4.69) is 34.4 Å². The lowest BCUT2D eigenvalue weighted by Crippen LogP contribution is -2.41. The maximum absolute atomic E-state index is 11.9. The first-order chi connectivity index (χ1) is 13.1. The van der Waals surface area contributed by atoms with Gasteiger partial charge in [0.1, 0.15) is 0 Å². The average Bonchev–Trinajstić information content (AvgIpc) is 3.46. The number of pyridine rings is 1. The SMILES string of the molecule is CC1CC(C)CN(CCCNC(=O)NCc2ccc(OCC3CC3)nc2)C1. The van der Waals surface area contributed by atoms with E-state index in [1.165, 1.54) is 32.4 Å². The van der Waals surface area contributed by atoms with Gasteiger partial charge in [-0.05, 0) is 55.5 Å². The van der Waals surface area contributed by atoms with Crippen molar-refractivity contribution in [1.29, 1.82) is 0 Å². The molecule has 0 radical (unpaired) electrons. The van der Waals surface area contributed by atoms with Gasteiger partial charge in [0.15, 0.2) is 0 Å². The molecule has 6 heteroatoms. The molecule has 3 rings (SSSR count). The highest BCUT2D eigenvalue weighted by Crippen LogP contribution is 2.29. The molecular formula is C21H34N4O2. The zero-order valence-corrected chi connectivity index (χ0v) is 16.7. The van der Waals surface area contributed by atoms with E-state index in [0.717, 1.165) is 42.9 Å². The number of carbonyl (C=O) groups excluding carboxylic acids is 1. The molecule has 1 saturated heterocycles. The minimum absolute atomic E-state index is 0.121. The molecule has 1 aromatic heterocycles. The highest BCUT2D eigenvalue weighted by atomic mass is 16.5. The van der Waals surface area contributed by atoms with Gasteiger partial charge in [0.2, 0.25) is 5.88 Å². The van der Waals surface area contributed by atoms with Crippen LogP contribution in [0.4, 0.5) is 4.79 Å². The van der Waals surface area contributed by atoms with E-state index in [0.29, 0.717) is 19.0 Å². The Balaban J connectivity index is 1.25. The number of carbonyl (C=O) groups is 1. The van der Waals surface area contributed by atoms with Crippen LogP contribution < -0.4 is 15.4 Å². The summed E-state index contributed by atoms with van der Waals surface area (Å²) in [6, 6.07) is 3.70. The molecule has 1 aliphatic heterocycles. The van der Waals surface area contributed by atoms with E-state index in [4.69, 9.17) is 4.74 Å². The Morgan fingerprint density at radius 3 is 2.67 bits per heavy atom. The third-order valence-corrected chi connectivity index (χ3v) is 5.30. The van der Waals surface area contributed by atoms with Crippen LogP contribution >= 0.6 is 0 Å². The van der Waals surface area contributed by atoms with Crippen molar-refractivity contribution in [2.45, 2.75) is 46.1 Å². The maximum Gasteiger partial charge on any atom is 0.315 e. The summed E-state index contributed by atoms with van der Waals surface area (Å²) in [5.41, 5.74) is 0.972. The summed E-state index contributed by atoms with van der Waals surface area (Å²) in [4.78, 5) is 18.8. The molecule has 0 aromatic carbocycles. The topological polar surface area (TPSA) is 66.5 Å². The number of aromatic nitrogens is 1. The number of ether oxygens (including phenoxy) is 1. The number of nitrogens with one attached hydrogen (secondary N) is 2. The van der Waals surface area contributed by atoms with Crippen molar-refractivity contribution in [3.63, 3.8) is 0 Å². The molecular weight excluding hydrogens is 340 g/mol. The van der Waals surface area contributed by atoms with Crippen molar-refractivity contribution < 1.29 is 9.53 Å². The molecule has 2 N–H and O–H groups in total. The molecule has 0 bridgehead atoms. The van der Waals surface area contributed by atoms with Crippen LogP contribution in [0.2, 0.25) is 0 Å². The molecule has 150 valence electrons. The van der Waals surface area contributed by atoms with E-state index >= 15 is 0 Å². The monoisotopic (exact) mass is 374 g/mol. The van der Waals surface area contributed by atoms with Crippen LogP contribution in [0.25, 0.3) is 0 Å². The number of rotatable bonds is 9. The number of urea groups is 1. The summed E-state index contributed by atoms with van der Waals surface area (Å²) in [5, 5.41) is 5.83. The molecule has 2 atom stereocenters. The summed E-state index contributed by atoms with van der Waals surface area (Å²) >= 11 is 0. The number of piperidine rings is 1. The molecule has 2 amide bonds. The minimum Gasteiger partial charge on any atom is -0.477 e. The molecule has 1 aliphatic carbocycles. The Kier molecular flexibility index (Phi) is 7.33. The van der Waals surface area contributed by atoms with Crippen LogP contribution in [0.5, 0.6) is 5.88 Å². The van der Waals surface area contributed by atoms with Gasteiger partial charge in [0.25, 0.3) is 0 Å². The Hall–Kier alpha value is -1.82. The van der Waals surface area contributed by atoms with E-state index in [1.54, 1.807) is 6.20 Å². The number of hydrogen-bond donors (Lipinski definition) is 2. The Morgan fingerprint density at radius 1 is 1.22 bits per heavy atom. The Morgan fingerprint density at radius 2 is 2.00 bits per heavy atom. The molecule has 2 aliphatic rings. The summed E-state index contributed by atoms with van der Waals surface area (Å²) in [6.45, 7) is 10.0. The van der Waals surface area contributed by atoms with Gasteiger partial charge in [-0.1, -0.05) is 19.9 Å². The lowest BCUT2D eigenvalue weighted by molar-refractivity contribution is 0.139. The van der Waals surface area contributed by atoms with Crippen LogP contribution in [0, 0.1) is 17.8 Å². The summed E-state index contributed by atoms with van der Waals surface area (Å²) in [5.74, 6) is 2.95. The van der Waals surface area contributed by atoms with E-state index < -0.39 is 0 Å². The predicted molar refractivity (Wildman–Crippen MR) is 107 cm³/mol. The van der Waals surface area contributed by atoms with Crippen molar-refractivity contribution >= 4 is 6.03 Å². The van der Waals surface area contributed by atoms with Crippen LogP contribution in [0.15, 0.2) is 18.3 Å². The third kappa shape index (κ3) is 7.37. The number of hydrogen-bond acceptors (Lipinski definition) is 4. The first-order valence-corrected chi connectivity index (χ1v) is 10.4. The number of likely N-dealkylation sites (tertiary alicyclic amines) is 1. The fraction of sp³-hybridized carbons (Fsp3) is 0.714. The van der Waals surface area contributed by atoms with Crippen LogP contribution in [-0.2, 0) is 6.54 Å². The van der Waals surface area contributed by atoms with E-state index in [-0.39, 0.29) is 6.03 Å². The van der Waals surface area contributed by atoms with Gasteiger partial charge in [-0.25, -0.2) is 9.78 Å². The smallest absolute Gasteiger partial charge is 0.315 e. The van der Waals surface area contributed by atoms with Crippen molar-refractivity contribution in [2.75, 3.05) is 32.8 Å². The van der Waals surface area contributed by atoms with Crippen molar-refractivity contribution in [3.8, 4) is 5.88 Å². The fourth-order valence-electron chi connectivity index (χ4n) is 3.81. The van der Waals surface area contributed by atoms with Gasteiger partial charge in [0, 0.05) is 38.4 Å². The second kappa shape index (κ2) is 9.93. The van der Waals surface area contributed by atoms with Gasteiger partial charge in [-0.3, -0.25) is 0 Å². The quantitative estimate of drug-likeness (QED) is 0.652. The summed E-state index contributed by atoms with van der Waals surface area (Å²) in [7, 11) is 0. The molecule has 1 saturated carbocycles. The van der Waals surface area contributed by atoms with Gasteiger partial charge in [-0.15, -0.1) is 0 Å². The standard InChI is InChI=1S/C21H34N4O2/c1-16-10-17(2)14-25(13-16)9-3-8-22-21(26)24-12-19-6-7-20(23-11-19)27-15-18-4-5-18/h6-7,11,16-18H,3-5,8-10,12-15H2,1-2H3,(H2,22,24,26). The average molecular weight is 375 g/mol. The lowest BCUT2D eigenvalue weighted by Gasteiger charge is -2.34. The fourth-order valence-corrected chi connectivity index (χ4v) is 3.81. The van der Waals surface area contributed by atoms with E-state index in [1.807, 2.05) is 12.1 Å². The maximum atomic E-state index is 11.9. The van der Waals surface area contributed by atoms with Gasteiger partial charge in [0.05, 0.1) is 6.61 Å². The normalized spacial score (nSPS) is 23.0. The number of nitrogens with zero attached hydrogens (tertiary/aromatic N) is 2. The minimum atomic E-state index is -0.121. The first kappa shape index (κ1) is 19.9. The Labute approximate surface area is 163 Å². The third-order valence-electron chi connectivity index (χ3n) is 5.30. The summed E-state index contributed by atoms with van der Waals surface area (Å²) in [6.07, 6.45) is 6.63. The van der Waals surface area contributed by atoms with E-state index in [9.17, 15) is 4.79 Å². The predicted octanol–water partition coefficient (Wildman–Crippen LogP) is 3.04. The molecule has 2 heterocycles. The molecule has 1 aromatic rings. The Bertz CT molecular complexity index is 578. The summed E-state index contributed by atoms with van der Waals surface area (Å²) < 4.78 is 5.62. The second-order valence-corrected chi connectivity index (χ2v) is 8.43. The second-order valence-electron chi connectivity index (χ2n) is 8.43.